The van der Waals surface area contributed by atoms with Crippen molar-refractivity contribution in [2.24, 2.45) is 0 Å². The molecule has 0 N–H and O–H groups in total. The van der Waals surface area contributed by atoms with Crippen molar-refractivity contribution in [2.45, 2.75) is 44.7 Å². The molecule has 63 heavy (non-hydrogen) atoms. The summed E-state index contributed by atoms with van der Waals surface area (Å²) in [6.45, 7) is 14.5. The maximum absolute atomic E-state index is 2.56. The van der Waals surface area contributed by atoms with Crippen LogP contribution in [0.25, 0.3) is 33.0 Å². The van der Waals surface area contributed by atoms with Gasteiger partial charge in [0.25, 0.3) is 0 Å². The lowest BCUT2D eigenvalue weighted by molar-refractivity contribution is 0.794. The van der Waals surface area contributed by atoms with E-state index in [-0.39, 0.29) is 0 Å². The molecule has 9 aromatic carbocycles. The molecular formula is C59H52N2Si2. The highest BCUT2D eigenvalue weighted by Crippen LogP contribution is 2.65. The van der Waals surface area contributed by atoms with Crippen LogP contribution < -0.4 is 20.2 Å². The second kappa shape index (κ2) is 14.7. The Morgan fingerprint density at radius 2 is 0.746 bits per heavy atom. The highest BCUT2D eigenvalue weighted by molar-refractivity contribution is 6.89. The zero-order chi connectivity index (χ0) is 43.1. The van der Waals surface area contributed by atoms with Gasteiger partial charge in [-0.15, -0.1) is 0 Å². The van der Waals surface area contributed by atoms with Crippen LogP contribution in [0.5, 0.6) is 0 Å². The van der Waals surface area contributed by atoms with Gasteiger partial charge in [0.2, 0.25) is 0 Å². The summed E-state index contributed by atoms with van der Waals surface area (Å²) in [7, 11) is -3.02. The van der Waals surface area contributed by atoms with E-state index in [0.29, 0.717) is 0 Å². The van der Waals surface area contributed by atoms with E-state index in [2.05, 4.69) is 255 Å². The van der Waals surface area contributed by atoms with Gasteiger partial charge in [0.05, 0.1) is 27.3 Å². The smallest absolute Gasteiger partial charge is 0.0775 e. The van der Waals surface area contributed by atoms with Crippen LogP contribution in [0.1, 0.15) is 22.3 Å². The number of benzene rings is 9. The summed E-state index contributed by atoms with van der Waals surface area (Å²) in [6, 6.07) is 77.9. The summed E-state index contributed by atoms with van der Waals surface area (Å²) in [5, 5.41) is 5.41. The molecule has 0 aromatic heterocycles. The van der Waals surface area contributed by atoms with Crippen LogP contribution in [0.3, 0.4) is 0 Å². The number of hydrogen-bond acceptors (Lipinski definition) is 2. The molecular weight excluding hydrogens is 793 g/mol. The van der Waals surface area contributed by atoms with E-state index < -0.39 is 21.6 Å². The molecule has 1 spiro atoms. The SMILES string of the molecule is C[Si](C)(C)c1ccc(N(c2ccccc2)c2ccc3c(c2)C2(c4ccccc4-c4ccccc42)c2cc(N(c4ccccc4)c4ccc([Si](C)(C)C)cc4)c4ccccc4c2-3)cc1. The summed E-state index contributed by atoms with van der Waals surface area (Å²) in [6.07, 6.45) is 0. The first-order valence-corrected chi connectivity index (χ1v) is 29.4. The number of fused-ring (bicyclic) bond motifs is 12. The Balaban J connectivity index is 1.22. The van der Waals surface area contributed by atoms with Crippen LogP contribution >= 0.6 is 0 Å². The maximum atomic E-state index is 2.56. The fourth-order valence-electron chi connectivity index (χ4n) is 10.5. The van der Waals surface area contributed by atoms with Crippen molar-refractivity contribution in [2.75, 3.05) is 9.80 Å². The maximum Gasteiger partial charge on any atom is 0.0775 e. The van der Waals surface area contributed by atoms with Crippen molar-refractivity contribution >= 4 is 71.4 Å². The fraction of sp³-hybridized carbons (Fsp3) is 0.119. The Kier molecular flexibility index (Phi) is 9.13. The molecule has 0 saturated carbocycles. The lowest BCUT2D eigenvalue weighted by Crippen LogP contribution is -2.37. The van der Waals surface area contributed by atoms with E-state index >= 15 is 0 Å². The van der Waals surface area contributed by atoms with Crippen LogP contribution in [-0.4, -0.2) is 16.1 Å². The van der Waals surface area contributed by atoms with Crippen molar-refractivity contribution in [3.8, 4) is 22.3 Å². The topological polar surface area (TPSA) is 6.48 Å². The molecule has 4 heteroatoms. The fourth-order valence-corrected chi connectivity index (χ4v) is 12.9. The zero-order valence-corrected chi connectivity index (χ0v) is 39.0. The van der Waals surface area contributed by atoms with Gasteiger partial charge in [-0.2, -0.15) is 0 Å². The van der Waals surface area contributed by atoms with Crippen LogP contribution in [0, 0.1) is 0 Å². The van der Waals surface area contributed by atoms with Gasteiger partial charge in [-0.25, -0.2) is 0 Å². The Hall–Kier alpha value is -6.73. The minimum Gasteiger partial charge on any atom is -0.310 e. The summed E-state index contributed by atoms with van der Waals surface area (Å²) in [5.74, 6) is 0. The largest absolute Gasteiger partial charge is 0.310 e. The highest BCUT2D eigenvalue weighted by Gasteiger charge is 2.52. The number of anilines is 6. The number of para-hydroxylation sites is 2. The van der Waals surface area contributed by atoms with E-state index in [0.717, 1.165) is 28.4 Å². The molecule has 0 fully saturated rings. The molecule has 0 aliphatic heterocycles. The van der Waals surface area contributed by atoms with E-state index in [1.165, 1.54) is 71.3 Å². The van der Waals surface area contributed by atoms with Crippen molar-refractivity contribution < 1.29 is 0 Å². The first-order valence-electron chi connectivity index (χ1n) is 22.4. The number of rotatable bonds is 8. The minimum absolute atomic E-state index is 0.569. The molecule has 0 atom stereocenters. The molecule has 2 nitrogen and oxygen atoms in total. The lowest BCUT2D eigenvalue weighted by atomic mass is 9.70. The second-order valence-electron chi connectivity index (χ2n) is 19.4. The molecule has 0 saturated heterocycles. The van der Waals surface area contributed by atoms with Gasteiger partial charge >= 0.3 is 0 Å². The minimum atomic E-state index is -1.52. The van der Waals surface area contributed by atoms with E-state index in [4.69, 9.17) is 0 Å². The first-order chi connectivity index (χ1) is 30.5. The van der Waals surface area contributed by atoms with Gasteiger partial charge in [0, 0.05) is 33.8 Å². The third-order valence-electron chi connectivity index (χ3n) is 13.6. The van der Waals surface area contributed by atoms with Crippen molar-refractivity contribution in [1.82, 2.24) is 0 Å². The van der Waals surface area contributed by atoms with Gasteiger partial charge in [-0.3, -0.25) is 0 Å². The Labute approximate surface area is 374 Å². The molecule has 0 radical (unpaired) electrons. The summed E-state index contributed by atoms with van der Waals surface area (Å²) in [4.78, 5) is 4.94. The summed E-state index contributed by atoms with van der Waals surface area (Å²) in [5.41, 5.74) is 16.9. The standard InChI is InChI=1S/C59H52N2Si2/c1-62(2,3)46-34-29-43(30-35-46)60(41-19-9-7-10-20-41)45-33-38-52-55(39-45)59(53-27-17-15-23-48(53)49-24-16-18-28-54(49)59)56-40-57(50-25-13-14-26-51(50)58(52)56)61(42-21-11-8-12-22-42)44-31-36-47(37-32-44)63(4,5)6/h7-40H,1-6H3. The van der Waals surface area contributed by atoms with E-state index in [9.17, 15) is 0 Å². The van der Waals surface area contributed by atoms with Crippen LogP contribution in [0.4, 0.5) is 34.1 Å². The highest BCUT2D eigenvalue weighted by atomic mass is 28.3. The predicted molar refractivity (Wildman–Crippen MR) is 276 cm³/mol. The third kappa shape index (κ3) is 6.18. The monoisotopic (exact) mass is 844 g/mol. The van der Waals surface area contributed by atoms with Gasteiger partial charge < -0.3 is 9.80 Å². The molecule has 11 rings (SSSR count). The first kappa shape index (κ1) is 39.1. The van der Waals surface area contributed by atoms with Gasteiger partial charge in [-0.05, 0) is 117 Å². The molecule has 9 aromatic rings. The van der Waals surface area contributed by atoms with Crippen LogP contribution in [0.15, 0.2) is 206 Å². The van der Waals surface area contributed by atoms with Crippen LogP contribution in [0.2, 0.25) is 39.3 Å². The average molecular weight is 845 g/mol. The van der Waals surface area contributed by atoms with Crippen LogP contribution in [-0.2, 0) is 5.41 Å². The van der Waals surface area contributed by atoms with Gasteiger partial charge in [0.1, 0.15) is 0 Å². The lowest BCUT2D eigenvalue weighted by Gasteiger charge is -2.34. The molecule has 0 unspecified atom stereocenters. The Bertz CT molecular complexity index is 3130. The Morgan fingerprint density at radius 3 is 1.29 bits per heavy atom. The molecule has 0 heterocycles. The summed E-state index contributed by atoms with van der Waals surface area (Å²) < 4.78 is 0. The molecule has 0 amide bonds. The van der Waals surface area contributed by atoms with E-state index in [1.54, 1.807) is 0 Å². The van der Waals surface area contributed by atoms with Gasteiger partial charge in [0.15, 0.2) is 0 Å². The Morgan fingerprint density at radius 1 is 0.317 bits per heavy atom. The third-order valence-corrected chi connectivity index (χ3v) is 17.7. The van der Waals surface area contributed by atoms with Crippen molar-refractivity contribution in [3.63, 3.8) is 0 Å². The number of nitrogens with zero attached hydrogens (tertiary/aromatic N) is 2. The summed E-state index contributed by atoms with van der Waals surface area (Å²) >= 11 is 0. The zero-order valence-electron chi connectivity index (χ0n) is 37.0. The molecule has 2 aliphatic carbocycles. The van der Waals surface area contributed by atoms with Gasteiger partial charge in [-0.1, -0.05) is 189 Å². The van der Waals surface area contributed by atoms with E-state index in [1.807, 2.05) is 0 Å². The predicted octanol–water partition coefficient (Wildman–Crippen LogP) is 15.2. The van der Waals surface area contributed by atoms with Crippen molar-refractivity contribution in [3.05, 3.63) is 229 Å². The normalized spacial score (nSPS) is 13.4. The molecule has 0 bridgehead atoms. The number of hydrogen-bond donors (Lipinski definition) is 0. The second-order valence-corrected chi connectivity index (χ2v) is 29.5. The average Bonchev–Trinajstić information content (AvgIpc) is 3.77. The molecule has 306 valence electrons. The quantitative estimate of drug-likeness (QED) is 0.141. The van der Waals surface area contributed by atoms with Crippen molar-refractivity contribution in [1.29, 1.82) is 0 Å². The molecule has 2 aliphatic rings.